The molecule has 0 aromatic carbocycles. The second kappa shape index (κ2) is 4.81. The maximum Gasteiger partial charge on any atom is 0.303 e. The Labute approximate surface area is 86.7 Å². The topological polar surface area (TPSA) is 37.3 Å². The molecule has 3 atom stereocenters. The van der Waals surface area contributed by atoms with E-state index in [4.69, 9.17) is 5.11 Å². The van der Waals surface area contributed by atoms with E-state index in [-0.39, 0.29) is 0 Å². The molecule has 0 aliphatic heterocycles. The van der Waals surface area contributed by atoms with Crippen molar-refractivity contribution in [1.82, 2.24) is 0 Å². The molecule has 0 heterocycles. The predicted octanol–water partition coefficient (Wildman–Crippen LogP) is 3.17. The van der Waals surface area contributed by atoms with Gasteiger partial charge >= 0.3 is 5.97 Å². The molecule has 0 unspecified atom stereocenters. The number of carboxylic acid groups (broad SMARTS) is 1. The Hall–Kier alpha value is -0.530. The van der Waals surface area contributed by atoms with Gasteiger partial charge in [-0.3, -0.25) is 4.79 Å². The second-order valence-electron chi connectivity index (χ2n) is 5.18. The van der Waals surface area contributed by atoms with Crippen molar-refractivity contribution < 1.29 is 9.90 Å². The van der Waals surface area contributed by atoms with Crippen LogP contribution in [-0.4, -0.2) is 11.1 Å². The third-order valence-corrected chi connectivity index (χ3v) is 3.60. The Kier molecular flexibility index (Phi) is 3.97. The summed E-state index contributed by atoms with van der Waals surface area (Å²) in [7, 11) is 0. The van der Waals surface area contributed by atoms with Gasteiger partial charge in [0.1, 0.15) is 0 Å². The average molecular weight is 198 g/mol. The fourth-order valence-electron chi connectivity index (χ4n) is 2.86. The molecule has 1 fully saturated rings. The van der Waals surface area contributed by atoms with Crippen LogP contribution in [0.3, 0.4) is 0 Å². The highest BCUT2D eigenvalue weighted by Gasteiger charge is 2.31. The Morgan fingerprint density at radius 3 is 2.57 bits per heavy atom. The van der Waals surface area contributed by atoms with Crippen molar-refractivity contribution in [2.75, 3.05) is 0 Å². The van der Waals surface area contributed by atoms with Gasteiger partial charge in [-0.05, 0) is 36.5 Å². The number of hydrogen-bond acceptors (Lipinski definition) is 1. The van der Waals surface area contributed by atoms with Gasteiger partial charge in [-0.15, -0.1) is 0 Å². The van der Waals surface area contributed by atoms with Crippen molar-refractivity contribution in [3.63, 3.8) is 0 Å². The van der Waals surface area contributed by atoms with E-state index in [9.17, 15) is 4.79 Å². The third-order valence-electron chi connectivity index (χ3n) is 3.60. The maximum atomic E-state index is 10.7. The molecule has 2 nitrogen and oxygen atoms in total. The first kappa shape index (κ1) is 11.5. The molecular weight excluding hydrogens is 176 g/mol. The minimum Gasteiger partial charge on any atom is -0.481 e. The molecule has 0 radical (unpaired) electrons. The van der Waals surface area contributed by atoms with Crippen LogP contribution >= 0.6 is 0 Å². The lowest BCUT2D eigenvalue weighted by Gasteiger charge is -2.36. The molecule has 1 N–H and O–H groups in total. The summed E-state index contributed by atoms with van der Waals surface area (Å²) < 4.78 is 0. The minimum absolute atomic E-state index is 0.368. The lowest BCUT2D eigenvalue weighted by atomic mass is 9.69. The molecule has 0 aromatic rings. The number of aliphatic carboxylic acids is 1. The molecule has 0 spiro atoms. The first-order valence-corrected chi connectivity index (χ1v) is 5.72. The summed E-state index contributed by atoms with van der Waals surface area (Å²) in [5.74, 6) is 1.76. The summed E-state index contributed by atoms with van der Waals surface area (Å²) in [6, 6.07) is 0. The smallest absolute Gasteiger partial charge is 0.303 e. The van der Waals surface area contributed by atoms with Crippen LogP contribution in [0.1, 0.15) is 46.5 Å². The van der Waals surface area contributed by atoms with Crippen LogP contribution in [-0.2, 0) is 4.79 Å². The predicted molar refractivity (Wildman–Crippen MR) is 57.1 cm³/mol. The monoisotopic (exact) mass is 198 g/mol. The maximum absolute atomic E-state index is 10.7. The van der Waals surface area contributed by atoms with Crippen LogP contribution in [0, 0.1) is 23.7 Å². The second-order valence-corrected chi connectivity index (χ2v) is 5.18. The number of carboxylic acids is 1. The molecule has 1 aliphatic rings. The Morgan fingerprint density at radius 2 is 2.07 bits per heavy atom. The minimum atomic E-state index is -0.630. The lowest BCUT2D eigenvalue weighted by Crippen LogP contribution is -2.29. The van der Waals surface area contributed by atoms with Crippen LogP contribution in [0.15, 0.2) is 0 Å². The zero-order valence-corrected chi connectivity index (χ0v) is 9.49. The highest BCUT2D eigenvalue weighted by Crippen LogP contribution is 2.39. The fourth-order valence-corrected chi connectivity index (χ4v) is 2.86. The number of carbonyl (C=O) groups is 1. The SMILES string of the molecule is CC(C)[C@@H]1CC[C@@H](C)C[C@@H]1CC(=O)O. The normalized spacial score (nSPS) is 33.3. The summed E-state index contributed by atoms with van der Waals surface area (Å²) in [6.45, 7) is 6.68. The van der Waals surface area contributed by atoms with E-state index < -0.39 is 5.97 Å². The van der Waals surface area contributed by atoms with Crippen molar-refractivity contribution in [1.29, 1.82) is 0 Å². The van der Waals surface area contributed by atoms with Crippen molar-refractivity contribution in [3.05, 3.63) is 0 Å². The molecule has 1 saturated carbocycles. The molecule has 1 rings (SSSR count). The standard InChI is InChI=1S/C12H22O2/c1-8(2)11-5-4-9(3)6-10(11)7-12(13)14/h8-11H,4-7H2,1-3H3,(H,13,14)/t9-,10-,11+/m1/s1. The van der Waals surface area contributed by atoms with E-state index >= 15 is 0 Å². The van der Waals surface area contributed by atoms with Crippen LogP contribution in [0.25, 0.3) is 0 Å². The third kappa shape index (κ3) is 3.00. The number of rotatable bonds is 3. The van der Waals surface area contributed by atoms with Crippen LogP contribution in [0.2, 0.25) is 0 Å². The zero-order chi connectivity index (χ0) is 10.7. The van der Waals surface area contributed by atoms with Crippen LogP contribution in [0.4, 0.5) is 0 Å². The molecule has 0 bridgehead atoms. The summed E-state index contributed by atoms with van der Waals surface area (Å²) in [6.07, 6.45) is 3.97. The molecule has 14 heavy (non-hydrogen) atoms. The van der Waals surface area contributed by atoms with Gasteiger partial charge in [0.15, 0.2) is 0 Å². The van der Waals surface area contributed by atoms with Crippen molar-refractivity contribution >= 4 is 5.97 Å². The van der Waals surface area contributed by atoms with Gasteiger partial charge in [-0.1, -0.05) is 27.2 Å². The zero-order valence-electron chi connectivity index (χ0n) is 9.49. The van der Waals surface area contributed by atoms with Crippen molar-refractivity contribution in [3.8, 4) is 0 Å². The molecule has 0 amide bonds. The van der Waals surface area contributed by atoms with Gasteiger partial charge in [-0.2, -0.15) is 0 Å². The number of hydrogen-bond donors (Lipinski definition) is 1. The van der Waals surface area contributed by atoms with Crippen molar-refractivity contribution in [2.24, 2.45) is 23.7 Å². The summed E-state index contributed by atoms with van der Waals surface area (Å²) >= 11 is 0. The van der Waals surface area contributed by atoms with E-state index in [1.165, 1.54) is 12.8 Å². The Morgan fingerprint density at radius 1 is 1.43 bits per heavy atom. The van der Waals surface area contributed by atoms with E-state index in [1.54, 1.807) is 0 Å². The van der Waals surface area contributed by atoms with E-state index in [2.05, 4.69) is 20.8 Å². The van der Waals surface area contributed by atoms with Gasteiger partial charge in [0.05, 0.1) is 0 Å². The van der Waals surface area contributed by atoms with Gasteiger partial charge in [0, 0.05) is 6.42 Å². The average Bonchev–Trinajstić information content (AvgIpc) is 2.01. The largest absolute Gasteiger partial charge is 0.481 e. The first-order valence-electron chi connectivity index (χ1n) is 5.72. The van der Waals surface area contributed by atoms with E-state index in [1.807, 2.05) is 0 Å². The van der Waals surface area contributed by atoms with Gasteiger partial charge < -0.3 is 5.11 Å². The molecule has 82 valence electrons. The highest BCUT2D eigenvalue weighted by molar-refractivity contribution is 5.67. The molecular formula is C12H22O2. The highest BCUT2D eigenvalue weighted by atomic mass is 16.4. The molecule has 0 saturated heterocycles. The van der Waals surface area contributed by atoms with Crippen LogP contribution in [0.5, 0.6) is 0 Å². The molecule has 0 aromatic heterocycles. The van der Waals surface area contributed by atoms with E-state index in [0.29, 0.717) is 30.1 Å². The molecule has 1 aliphatic carbocycles. The van der Waals surface area contributed by atoms with Gasteiger partial charge in [0.25, 0.3) is 0 Å². The Bertz CT molecular complexity index is 198. The Balaban J connectivity index is 2.58. The van der Waals surface area contributed by atoms with Gasteiger partial charge in [-0.25, -0.2) is 0 Å². The van der Waals surface area contributed by atoms with Gasteiger partial charge in [0.2, 0.25) is 0 Å². The van der Waals surface area contributed by atoms with Crippen molar-refractivity contribution in [2.45, 2.75) is 46.5 Å². The first-order chi connectivity index (χ1) is 6.50. The van der Waals surface area contributed by atoms with Crippen LogP contribution < -0.4 is 0 Å². The summed E-state index contributed by atoms with van der Waals surface area (Å²) in [4.78, 5) is 10.7. The summed E-state index contributed by atoms with van der Waals surface area (Å²) in [5, 5.41) is 8.85. The van der Waals surface area contributed by atoms with E-state index in [0.717, 1.165) is 6.42 Å². The quantitative estimate of drug-likeness (QED) is 0.756. The summed E-state index contributed by atoms with van der Waals surface area (Å²) in [5.41, 5.74) is 0. The molecule has 2 heteroatoms. The fraction of sp³-hybridized carbons (Fsp3) is 0.917. The lowest BCUT2D eigenvalue weighted by molar-refractivity contribution is -0.139.